The highest BCUT2D eigenvalue weighted by atomic mass is 35.5. The molecule has 3 unspecified atom stereocenters. The van der Waals surface area contributed by atoms with Crippen molar-refractivity contribution in [1.29, 1.82) is 0 Å². The summed E-state index contributed by atoms with van der Waals surface area (Å²) in [5.74, 6) is 1.18. The van der Waals surface area contributed by atoms with Crippen LogP contribution in [0.3, 0.4) is 0 Å². The summed E-state index contributed by atoms with van der Waals surface area (Å²) in [6, 6.07) is 0. The predicted molar refractivity (Wildman–Crippen MR) is 125 cm³/mol. The molecule has 0 aromatic carbocycles. The van der Waals surface area contributed by atoms with Gasteiger partial charge in [-0.05, 0) is 68.8 Å². The molecule has 4 aliphatic rings. The summed E-state index contributed by atoms with van der Waals surface area (Å²) in [6.45, 7) is 10.5. The maximum Gasteiger partial charge on any atom is 0.312 e. The van der Waals surface area contributed by atoms with Crippen LogP contribution in [0.25, 0.3) is 0 Å². The van der Waals surface area contributed by atoms with Crippen molar-refractivity contribution in [2.45, 2.75) is 64.7 Å². The second-order valence-electron chi connectivity index (χ2n) is 10.1. The summed E-state index contributed by atoms with van der Waals surface area (Å²) < 4.78 is 5.61. The Kier molecular flexibility index (Phi) is 7.30. The molecule has 11 atom stereocenters. The molecule has 2 aliphatic heterocycles. The Morgan fingerprint density at radius 1 is 0.938 bits per heavy atom. The van der Waals surface area contributed by atoms with E-state index < -0.39 is 17.4 Å². The Balaban J connectivity index is 1.76. The summed E-state index contributed by atoms with van der Waals surface area (Å²) >= 11 is 7.06. The lowest BCUT2D eigenvalue weighted by Crippen LogP contribution is -2.59. The standard InChI is InChI=1S/C26H36ClNO4/c1-14-12-16(3)21-19(13-14)10-11-20-15(2)8-6-7-9-17(4)30-26(29)18(5)24-23(27)25(22(20)21)32-28-31-24/h6-12,15-25,28H,13H2,1-5H3/b8-6-,9-7+/t15-,16-,17+,18+,19-,20+,21-,22-,23?,24?,25?/m1/s1. The molecule has 5 nitrogen and oxygen atoms in total. The van der Waals surface area contributed by atoms with Crippen molar-refractivity contribution in [1.82, 2.24) is 5.64 Å². The molecule has 32 heavy (non-hydrogen) atoms. The number of esters is 1. The number of carbonyl (C=O) groups excluding carboxylic acids is 1. The lowest BCUT2D eigenvalue weighted by atomic mass is 9.57. The third kappa shape index (κ3) is 4.63. The van der Waals surface area contributed by atoms with Gasteiger partial charge in [0.2, 0.25) is 0 Å². The van der Waals surface area contributed by atoms with E-state index >= 15 is 0 Å². The predicted octanol–water partition coefficient (Wildman–Crippen LogP) is 5.15. The molecule has 1 N–H and O–H groups in total. The first-order valence-electron chi connectivity index (χ1n) is 11.9. The molecule has 2 bridgehead atoms. The summed E-state index contributed by atoms with van der Waals surface area (Å²) in [5.41, 5.74) is 4.10. The van der Waals surface area contributed by atoms with Crippen molar-refractivity contribution >= 4 is 17.6 Å². The van der Waals surface area contributed by atoms with Crippen LogP contribution < -0.4 is 5.64 Å². The molecular formula is C26H36ClNO4. The van der Waals surface area contributed by atoms with Crippen molar-refractivity contribution < 1.29 is 19.2 Å². The van der Waals surface area contributed by atoms with Gasteiger partial charge in [0, 0.05) is 0 Å². The van der Waals surface area contributed by atoms with Crippen LogP contribution in [0.1, 0.15) is 41.0 Å². The van der Waals surface area contributed by atoms with Gasteiger partial charge in [-0.25, -0.2) is 0 Å². The van der Waals surface area contributed by atoms with Gasteiger partial charge in [-0.3, -0.25) is 14.5 Å². The lowest BCUT2D eigenvalue weighted by molar-refractivity contribution is -0.292. The van der Waals surface area contributed by atoms with Crippen LogP contribution in [0.2, 0.25) is 0 Å². The number of ether oxygens (including phenoxy) is 1. The fraction of sp³-hybridized carbons (Fsp3) is 0.654. The molecule has 1 fully saturated rings. The normalized spacial score (nSPS) is 49.0. The van der Waals surface area contributed by atoms with Crippen LogP contribution in [0.4, 0.5) is 0 Å². The van der Waals surface area contributed by atoms with Crippen molar-refractivity contribution in [3.05, 3.63) is 48.1 Å². The molecule has 4 rings (SSSR count). The second-order valence-corrected chi connectivity index (χ2v) is 10.6. The van der Waals surface area contributed by atoms with Crippen molar-refractivity contribution in [2.24, 2.45) is 41.4 Å². The zero-order valence-electron chi connectivity index (χ0n) is 19.6. The Labute approximate surface area is 196 Å². The van der Waals surface area contributed by atoms with E-state index in [9.17, 15) is 4.79 Å². The van der Waals surface area contributed by atoms with E-state index in [1.165, 1.54) is 5.57 Å². The average molecular weight is 462 g/mol. The number of nitrogens with one attached hydrogen (secondary N) is 1. The largest absolute Gasteiger partial charge is 0.458 e. The van der Waals surface area contributed by atoms with Crippen LogP contribution in [0, 0.1) is 41.4 Å². The topological polar surface area (TPSA) is 56.8 Å². The van der Waals surface area contributed by atoms with Crippen LogP contribution in [-0.4, -0.2) is 29.7 Å². The fourth-order valence-corrected chi connectivity index (χ4v) is 6.64. The van der Waals surface area contributed by atoms with Gasteiger partial charge >= 0.3 is 5.97 Å². The monoisotopic (exact) mass is 461 g/mol. The zero-order chi connectivity index (χ0) is 23.0. The Hall–Kier alpha value is -1.40. The Morgan fingerprint density at radius 3 is 2.44 bits per heavy atom. The third-order valence-corrected chi connectivity index (χ3v) is 8.23. The van der Waals surface area contributed by atoms with E-state index in [4.69, 9.17) is 26.0 Å². The fourth-order valence-electron chi connectivity index (χ4n) is 6.15. The molecule has 0 aromatic rings. The summed E-state index contributed by atoms with van der Waals surface area (Å²) in [4.78, 5) is 24.5. The highest BCUT2D eigenvalue weighted by molar-refractivity contribution is 6.21. The first-order valence-corrected chi connectivity index (χ1v) is 12.3. The Morgan fingerprint density at radius 2 is 1.66 bits per heavy atom. The molecule has 1 saturated heterocycles. The number of hydrogen-bond acceptors (Lipinski definition) is 5. The first-order chi connectivity index (χ1) is 15.3. The number of rotatable bonds is 0. The molecular weight excluding hydrogens is 426 g/mol. The van der Waals surface area contributed by atoms with E-state index in [0.717, 1.165) is 6.42 Å². The van der Waals surface area contributed by atoms with E-state index in [1.54, 1.807) is 0 Å². The number of fused-ring (bicyclic) bond motifs is 6. The number of halogens is 1. The molecule has 2 aliphatic carbocycles. The van der Waals surface area contributed by atoms with Crippen molar-refractivity contribution in [2.75, 3.05) is 0 Å². The molecule has 176 valence electrons. The minimum Gasteiger partial charge on any atom is -0.458 e. The summed E-state index contributed by atoms with van der Waals surface area (Å²) in [6.07, 6.45) is 15.2. The first kappa shape index (κ1) is 23.7. The molecule has 0 aromatic heterocycles. The van der Waals surface area contributed by atoms with Crippen LogP contribution in [-0.2, 0) is 19.2 Å². The second kappa shape index (κ2) is 9.84. The van der Waals surface area contributed by atoms with Gasteiger partial charge in [0.15, 0.2) is 0 Å². The molecule has 0 radical (unpaired) electrons. The van der Waals surface area contributed by atoms with Crippen LogP contribution >= 0.6 is 11.6 Å². The lowest BCUT2D eigenvalue weighted by Gasteiger charge is -2.51. The highest BCUT2D eigenvalue weighted by Crippen LogP contribution is 2.51. The smallest absolute Gasteiger partial charge is 0.312 e. The number of hydrogen-bond donors (Lipinski definition) is 1. The SMILES string of the molecule is CC1=C[C@@H](C)[C@H]2[C@@H]3C4ONOC(C4Cl)[C@H](C)C(=O)O[C@@H](C)/C=C/C=C\[C@@H](C)[C@@H]3C=C[C@@H]2C1. The van der Waals surface area contributed by atoms with E-state index in [0.29, 0.717) is 23.7 Å². The van der Waals surface area contributed by atoms with Gasteiger partial charge in [-0.15, -0.1) is 11.6 Å². The highest BCUT2D eigenvalue weighted by Gasteiger charge is 2.52. The molecule has 0 saturated carbocycles. The van der Waals surface area contributed by atoms with Crippen molar-refractivity contribution in [3.63, 3.8) is 0 Å². The number of allylic oxidation sites excluding steroid dienone is 7. The minimum absolute atomic E-state index is 0.180. The third-order valence-electron chi connectivity index (χ3n) is 7.73. The summed E-state index contributed by atoms with van der Waals surface area (Å²) in [7, 11) is 0. The maximum atomic E-state index is 12.8. The van der Waals surface area contributed by atoms with Crippen LogP contribution in [0.15, 0.2) is 48.1 Å². The molecule has 0 amide bonds. The van der Waals surface area contributed by atoms with Gasteiger partial charge in [0.25, 0.3) is 0 Å². The number of carbonyl (C=O) groups is 1. The molecule has 2 heterocycles. The maximum absolute atomic E-state index is 12.8. The molecule has 6 heteroatoms. The van der Waals surface area contributed by atoms with Gasteiger partial charge in [-0.2, -0.15) is 0 Å². The number of cyclic esters (lactones) is 1. The molecule has 0 spiro atoms. The van der Waals surface area contributed by atoms with Gasteiger partial charge in [-0.1, -0.05) is 61.5 Å². The minimum atomic E-state index is -0.547. The van der Waals surface area contributed by atoms with E-state index in [1.807, 2.05) is 26.0 Å². The Bertz CT molecular complexity index is 821. The van der Waals surface area contributed by atoms with Gasteiger partial charge in [0.05, 0.1) is 11.3 Å². The van der Waals surface area contributed by atoms with Crippen LogP contribution in [0.5, 0.6) is 0 Å². The average Bonchev–Trinajstić information content (AvgIpc) is 2.74. The zero-order valence-corrected chi connectivity index (χ0v) is 20.4. The van der Waals surface area contributed by atoms with E-state index in [-0.39, 0.29) is 30.0 Å². The quantitative estimate of drug-likeness (QED) is 0.307. The summed E-state index contributed by atoms with van der Waals surface area (Å²) in [5, 5.41) is -0.484. The van der Waals surface area contributed by atoms with Crippen molar-refractivity contribution in [3.8, 4) is 0 Å². The van der Waals surface area contributed by atoms with Gasteiger partial charge in [0.1, 0.15) is 18.3 Å². The number of alkyl halides is 1. The van der Waals surface area contributed by atoms with E-state index in [2.05, 4.69) is 56.8 Å². The van der Waals surface area contributed by atoms with Gasteiger partial charge < -0.3 is 4.74 Å².